The molecule has 0 aliphatic heterocycles. The average molecular weight is 296 g/mol. The van der Waals surface area contributed by atoms with Crippen molar-refractivity contribution in [3.05, 3.63) is 39.8 Å². The summed E-state index contributed by atoms with van der Waals surface area (Å²) >= 11 is 1.59. The molecule has 0 amide bonds. The lowest BCUT2D eigenvalue weighted by molar-refractivity contribution is 0.602. The highest BCUT2D eigenvalue weighted by Crippen LogP contribution is 2.21. The summed E-state index contributed by atoms with van der Waals surface area (Å²) in [6, 6.07) is 5.11. The van der Waals surface area contributed by atoms with Crippen LogP contribution in [0.3, 0.4) is 0 Å². The predicted octanol–water partition coefficient (Wildman–Crippen LogP) is 2.78. The molecule has 1 N–H and O–H groups in total. The summed E-state index contributed by atoms with van der Waals surface area (Å²) in [7, 11) is -3.17. The number of hydrogen-bond donors (Lipinski definition) is 1. The normalized spacial score (nSPS) is 11.5. The smallest absolute Gasteiger partial charge is 0.175 e. The number of aromatic nitrogens is 1. The standard InChI is InChI=1S/C13H16N2O2S2/c1-9-4-5-11(19(3,16)17)6-12(9)14-7-13-15-10(2)8-18-13/h4-6,8,14H,7H2,1-3H3. The van der Waals surface area contributed by atoms with Crippen LogP contribution in [-0.4, -0.2) is 19.7 Å². The fourth-order valence-corrected chi connectivity index (χ4v) is 3.04. The Morgan fingerprint density at radius 2 is 2.05 bits per heavy atom. The second kappa shape index (κ2) is 5.30. The molecule has 0 atom stereocenters. The van der Waals surface area contributed by atoms with Crippen LogP contribution in [0.15, 0.2) is 28.5 Å². The molecule has 2 aromatic rings. The van der Waals surface area contributed by atoms with Crippen molar-refractivity contribution in [1.82, 2.24) is 4.98 Å². The number of thiazole rings is 1. The Labute approximate surface area is 117 Å². The van der Waals surface area contributed by atoms with Gasteiger partial charge in [-0.1, -0.05) is 6.07 Å². The van der Waals surface area contributed by atoms with Crippen molar-refractivity contribution < 1.29 is 8.42 Å². The highest BCUT2D eigenvalue weighted by atomic mass is 32.2. The topological polar surface area (TPSA) is 59.1 Å². The third kappa shape index (κ3) is 3.54. The Bertz CT molecular complexity index is 690. The van der Waals surface area contributed by atoms with Crippen molar-refractivity contribution in [2.45, 2.75) is 25.3 Å². The van der Waals surface area contributed by atoms with Crippen molar-refractivity contribution in [2.24, 2.45) is 0 Å². The van der Waals surface area contributed by atoms with Crippen LogP contribution in [0.1, 0.15) is 16.3 Å². The van der Waals surface area contributed by atoms with E-state index in [1.54, 1.807) is 23.5 Å². The van der Waals surface area contributed by atoms with E-state index < -0.39 is 9.84 Å². The minimum Gasteiger partial charge on any atom is -0.378 e. The molecule has 0 bridgehead atoms. The maximum absolute atomic E-state index is 11.5. The minimum absolute atomic E-state index is 0.330. The zero-order chi connectivity index (χ0) is 14.0. The van der Waals surface area contributed by atoms with E-state index in [1.807, 2.05) is 25.3 Å². The fourth-order valence-electron chi connectivity index (χ4n) is 1.68. The van der Waals surface area contributed by atoms with Crippen molar-refractivity contribution in [3.63, 3.8) is 0 Å². The maximum atomic E-state index is 11.5. The van der Waals surface area contributed by atoms with Gasteiger partial charge in [-0.05, 0) is 31.5 Å². The van der Waals surface area contributed by atoms with Crippen LogP contribution in [0.25, 0.3) is 0 Å². The van der Waals surface area contributed by atoms with Crippen molar-refractivity contribution in [2.75, 3.05) is 11.6 Å². The van der Waals surface area contributed by atoms with E-state index in [9.17, 15) is 8.42 Å². The molecule has 0 unspecified atom stereocenters. The van der Waals surface area contributed by atoms with Crippen LogP contribution in [0.5, 0.6) is 0 Å². The fraction of sp³-hybridized carbons (Fsp3) is 0.308. The third-order valence-corrected chi connectivity index (χ3v) is 4.81. The van der Waals surface area contributed by atoms with Crippen LogP contribution in [-0.2, 0) is 16.4 Å². The lowest BCUT2D eigenvalue weighted by Crippen LogP contribution is -2.03. The number of aryl methyl sites for hydroxylation is 2. The van der Waals surface area contributed by atoms with Crippen LogP contribution in [0.2, 0.25) is 0 Å². The molecule has 1 heterocycles. The molecule has 2 rings (SSSR count). The van der Waals surface area contributed by atoms with Gasteiger partial charge in [0.05, 0.1) is 11.4 Å². The van der Waals surface area contributed by atoms with Crippen LogP contribution in [0, 0.1) is 13.8 Å². The van der Waals surface area contributed by atoms with Crippen molar-refractivity contribution in [1.29, 1.82) is 0 Å². The molecule has 0 fully saturated rings. The second-order valence-corrected chi connectivity index (χ2v) is 7.44. The van der Waals surface area contributed by atoms with Gasteiger partial charge in [-0.25, -0.2) is 13.4 Å². The van der Waals surface area contributed by atoms with Gasteiger partial charge >= 0.3 is 0 Å². The largest absolute Gasteiger partial charge is 0.378 e. The summed E-state index contributed by atoms with van der Waals surface area (Å²) in [5, 5.41) is 6.22. The number of sulfone groups is 1. The molecule has 4 nitrogen and oxygen atoms in total. The lowest BCUT2D eigenvalue weighted by Gasteiger charge is -2.09. The van der Waals surface area contributed by atoms with Gasteiger partial charge in [0, 0.05) is 23.0 Å². The molecule has 19 heavy (non-hydrogen) atoms. The lowest BCUT2D eigenvalue weighted by atomic mass is 10.2. The van der Waals surface area contributed by atoms with Crippen molar-refractivity contribution in [3.8, 4) is 0 Å². The molecule has 1 aromatic carbocycles. The Balaban J connectivity index is 2.20. The molecule has 0 saturated heterocycles. The first-order valence-electron chi connectivity index (χ1n) is 5.82. The number of rotatable bonds is 4. The zero-order valence-corrected chi connectivity index (χ0v) is 12.7. The van der Waals surface area contributed by atoms with Gasteiger partial charge < -0.3 is 5.32 Å². The molecule has 102 valence electrons. The number of benzene rings is 1. The van der Waals surface area contributed by atoms with E-state index in [0.29, 0.717) is 11.4 Å². The molecule has 0 spiro atoms. The number of nitrogens with one attached hydrogen (secondary N) is 1. The molecule has 0 radical (unpaired) electrons. The van der Waals surface area contributed by atoms with E-state index in [1.165, 1.54) is 6.26 Å². The summed E-state index contributed by atoms with van der Waals surface area (Å²) in [4.78, 5) is 4.69. The van der Waals surface area contributed by atoms with Gasteiger partial charge in [0.1, 0.15) is 5.01 Å². The van der Waals surface area contributed by atoms with Gasteiger partial charge in [-0.3, -0.25) is 0 Å². The summed E-state index contributed by atoms with van der Waals surface area (Å²) in [5.41, 5.74) is 2.85. The quantitative estimate of drug-likeness (QED) is 0.942. The van der Waals surface area contributed by atoms with Crippen LogP contribution >= 0.6 is 11.3 Å². The second-order valence-electron chi connectivity index (χ2n) is 4.49. The molecule has 6 heteroatoms. The number of nitrogens with zero attached hydrogens (tertiary/aromatic N) is 1. The SMILES string of the molecule is Cc1csc(CNc2cc(S(C)(=O)=O)ccc2C)n1. The van der Waals surface area contributed by atoms with E-state index in [4.69, 9.17) is 0 Å². The minimum atomic E-state index is -3.17. The van der Waals surface area contributed by atoms with Gasteiger partial charge in [-0.15, -0.1) is 11.3 Å². The van der Waals surface area contributed by atoms with Gasteiger partial charge in [0.25, 0.3) is 0 Å². The van der Waals surface area contributed by atoms with E-state index in [-0.39, 0.29) is 0 Å². The first-order valence-corrected chi connectivity index (χ1v) is 8.59. The Hall–Kier alpha value is -1.40. The maximum Gasteiger partial charge on any atom is 0.175 e. The summed E-state index contributed by atoms with van der Waals surface area (Å²) in [5.74, 6) is 0. The first kappa shape index (κ1) is 14.0. The number of anilines is 1. The van der Waals surface area contributed by atoms with Crippen LogP contribution < -0.4 is 5.32 Å². The molecule has 0 saturated carbocycles. The number of hydrogen-bond acceptors (Lipinski definition) is 5. The molecule has 0 aliphatic carbocycles. The molecular weight excluding hydrogens is 280 g/mol. The van der Waals surface area contributed by atoms with Gasteiger partial charge in [0.15, 0.2) is 9.84 Å². The Kier molecular flexibility index (Phi) is 3.91. The predicted molar refractivity (Wildman–Crippen MR) is 78.5 cm³/mol. The average Bonchev–Trinajstić information content (AvgIpc) is 2.72. The van der Waals surface area contributed by atoms with Gasteiger partial charge in [-0.2, -0.15) is 0 Å². The Morgan fingerprint density at radius 1 is 1.32 bits per heavy atom. The van der Waals surface area contributed by atoms with E-state index in [2.05, 4.69) is 10.3 Å². The first-order chi connectivity index (χ1) is 8.86. The zero-order valence-electron chi connectivity index (χ0n) is 11.1. The molecular formula is C13H16N2O2S2. The highest BCUT2D eigenvalue weighted by Gasteiger charge is 2.09. The summed E-state index contributed by atoms with van der Waals surface area (Å²) < 4.78 is 23.1. The molecule has 0 aliphatic rings. The third-order valence-electron chi connectivity index (χ3n) is 2.73. The summed E-state index contributed by atoms with van der Waals surface area (Å²) in [6.45, 7) is 4.50. The van der Waals surface area contributed by atoms with E-state index >= 15 is 0 Å². The van der Waals surface area contributed by atoms with Gasteiger partial charge in [0.2, 0.25) is 0 Å². The monoisotopic (exact) mass is 296 g/mol. The molecule has 1 aromatic heterocycles. The van der Waals surface area contributed by atoms with E-state index in [0.717, 1.165) is 22.0 Å². The highest BCUT2D eigenvalue weighted by molar-refractivity contribution is 7.90. The summed E-state index contributed by atoms with van der Waals surface area (Å²) in [6.07, 6.45) is 1.21. The van der Waals surface area contributed by atoms with Crippen LogP contribution in [0.4, 0.5) is 5.69 Å². The van der Waals surface area contributed by atoms with Crippen molar-refractivity contribution >= 4 is 26.9 Å². The Morgan fingerprint density at radius 3 is 2.63 bits per heavy atom.